The average Bonchev–Trinajstić information content (AvgIpc) is 3.56. The molecule has 9 heteroatoms. The van der Waals surface area contributed by atoms with Gasteiger partial charge in [0.2, 0.25) is 0 Å². The molecule has 0 radical (unpaired) electrons. The van der Waals surface area contributed by atoms with Crippen molar-refractivity contribution in [3.8, 4) is 0 Å². The number of rotatable bonds is 4. The number of halogens is 1. The Bertz CT molecular complexity index is 1560. The van der Waals surface area contributed by atoms with Crippen LogP contribution in [-0.4, -0.2) is 31.6 Å². The summed E-state index contributed by atoms with van der Waals surface area (Å²) in [7, 11) is -3.87. The molecular weight excluding hydrogens is 474 g/mol. The highest BCUT2D eigenvalue weighted by molar-refractivity contribution is 7.93. The molecule has 0 aliphatic carbocycles. The van der Waals surface area contributed by atoms with E-state index >= 15 is 0 Å². The maximum absolute atomic E-state index is 13.5. The highest BCUT2D eigenvalue weighted by Crippen LogP contribution is 2.42. The Morgan fingerprint density at radius 1 is 1.03 bits per heavy atom. The zero-order valence-corrected chi connectivity index (χ0v) is 19.3. The van der Waals surface area contributed by atoms with Crippen molar-refractivity contribution < 1.29 is 17.6 Å². The third kappa shape index (κ3) is 3.21. The second-order valence-corrected chi connectivity index (χ2v) is 10.4. The Kier molecular flexibility index (Phi) is 4.75. The van der Waals surface area contributed by atoms with E-state index in [1.165, 1.54) is 9.31 Å². The van der Waals surface area contributed by atoms with Crippen LogP contribution in [0.5, 0.6) is 0 Å². The van der Waals surface area contributed by atoms with Gasteiger partial charge in [-0.2, -0.15) is 5.10 Å². The van der Waals surface area contributed by atoms with Crippen LogP contribution in [0.25, 0.3) is 10.8 Å². The number of hydrogen-bond donors (Lipinski definition) is 0. The SMILES string of the molecule is O=C(CN1c2cccc3cccc(c23)S1(=O)=O)N1N=C(c2ccc(Cl)cc2)C[C@H]1c1ccco1. The molecule has 6 rings (SSSR count). The van der Waals surface area contributed by atoms with Crippen LogP contribution in [0.15, 0.2) is 93.5 Å². The van der Waals surface area contributed by atoms with Crippen molar-refractivity contribution in [1.29, 1.82) is 0 Å². The topological polar surface area (TPSA) is 83.2 Å². The third-order valence-electron chi connectivity index (χ3n) is 6.18. The first-order chi connectivity index (χ1) is 16.4. The second-order valence-electron chi connectivity index (χ2n) is 8.17. The summed E-state index contributed by atoms with van der Waals surface area (Å²) in [6.07, 6.45) is 1.98. The van der Waals surface area contributed by atoms with E-state index in [-0.39, 0.29) is 11.4 Å². The second kappa shape index (κ2) is 7.72. The Morgan fingerprint density at radius 2 is 1.79 bits per heavy atom. The number of anilines is 1. The summed E-state index contributed by atoms with van der Waals surface area (Å²) in [5.74, 6) is 0.134. The quantitative estimate of drug-likeness (QED) is 0.403. The zero-order valence-electron chi connectivity index (χ0n) is 17.8. The van der Waals surface area contributed by atoms with Crippen molar-refractivity contribution >= 4 is 49.7 Å². The minimum atomic E-state index is -3.87. The molecule has 3 aromatic carbocycles. The smallest absolute Gasteiger partial charge is 0.265 e. The number of hydrogen-bond acceptors (Lipinski definition) is 5. The van der Waals surface area contributed by atoms with Gasteiger partial charge >= 0.3 is 0 Å². The van der Waals surface area contributed by atoms with Crippen molar-refractivity contribution in [2.75, 3.05) is 10.8 Å². The molecule has 170 valence electrons. The summed E-state index contributed by atoms with van der Waals surface area (Å²) in [5, 5.41) is 7.97. The van der Waals surface area contributed by atoms with E-state index in [2.05, 4.69) is 5.10 Å². The summed E-state index contributed by atoms with van der Waals surface area (Å²) < 4.78 is 33.4. The zero-order chi connectivity index (χ0) is 23.4. The molecule has 0 spiro atoms. The molecule has 3 heterocycles. The summed E-state index contributed by atoms with van der Waals surface area (Å²) >= 11 is 6.02. The molecule has 0 saturated heterocycles. The lowest BCUT2D eigenvalue weighted by Crippen LogP contribution is -2.39. The van der Waals surface area contributed by atoms with Gasteiger partial charge in [-0.1, -0.05) is 48.0 Å². The number of sulfonamides is 1. The van der Waals surface area contributed by atoms with Gasteiger partial charge in [0.05, 0.1) is 22.6 Å². The minimum absolute atomic E-state index is 0.211. The van der Waals surface area contributed by atoms with Crippen molar-refractivity contribution in [2.45, 2.75) is 17.4 Å². The minimum Gasteiger partial charge on any atom is -0.467 e. The van der Waals surface area contributed by atoms with E-state index < -0.39 is 22.0 Å². The van der Waals surface area contributed by atoms with Crippen molar-refractivity contribution in [2.24, 2.45) is 5.10 Å². The predicted molar refractivity (Wildman–Crippen MR) is 129 cm³/mol. The van der Waals surface area contributed by atoms with Crippen molar-refractivity contribution in [3.05, 3.63) is 95.4 Å². The van der Waals surface area contributed by atoms with E-state index in [4.69, 9.17) is 16.0 Å². The lowest BCUT2D eigenvalue weighted by atomic mass is 10.0. The lowest BCUT2D eigenvalue weighted by molar-refractivity contribution is -0.131. The Labute approximate surface area is 200 Å². The van der Waals surface area contributed by atoms with Crippen LogP contribution in [0.4, 0.5) is 5.69 Å². The average molecular weight is 492 g/mol. The molecule has 2 aliphatic heterocycles. The fourth-order valence-corrected chi connectivity index (χ4v) is 6.37. The molecule has 0 saturated carbocycles. The summed E-state index contributed by atoms with van der Waals surface area (Å²) in [5.41, 5.74) is 2.03. The fraction of sp³-hybridized carbons (Fsp3) is 0.120. The van der Waals surface area contributed by atoms with Crippen LogP contribution >= 0.6 is 11.6 Å². The highest BCUT2D eigenvalue weighted by Gasteiger charge is 2.40. The Balaban J connectivity index is 1.37. The van der Waals surface area contributed by atoms with Crippen LogP contribution in [0.1, 0.15) is 23.8 Å². The molecule has 1 amide bonds. The number of benzene rings is 3. The van der Waals surface area contributed by atoms with Crippen LogP contribution in [0, 0.1) is 0 Å². The van der Waals surface area contributed by atoms with E-state index in [9.17, 15) is 13.2 Å². The fourth-order valence-electron chi connectivity index (χ4n) is 4.58. The molecule has 34 heavy (non-hydrogen) atoms. The molecule has 0 unspecified atom stereocenters. The number of amides is 1. The van der Waals surface area contributed by atoms with Crippen LogP contribution in [0.3, 0.4) is 0 Å². The van der Waals surface area contributed by atoms with E-state index in [1.54, 1.807) is 54.8 Å². The van der Waals surface area contributed by atoms with Crippen molar-refractivity contribution in [1.82, 2.24) is 5.01 Å². The predicted octanol–water partition coefficient (Wildman–Crippen LogP) is 4.97. The van der Waals surface area contributed by atoms with Gasteiger partial charge < -0.3 is 4.42 Å². The summed E-state index contributed by atoms with van der Waals surface area (Å²) in [6, 6.07) is 20.8. The van der Waals surface area contributed by atoms with Gasteiger partial charge in [-0.25, -0.2) is 13.4 Å². The number of carbonyl (C=O) groups excluding carboxylic acids is 1. The van der Waals surface area contributed by atoms with Gasteiger partial charge in [-0.05, 0) is 47.3 Å². The molecule has 0 N–H and O–H groups in total. The summed E-state index contributed by atoms with van der Waals surface area (Å²) in [4.78, 5) is 13.8. The van der Waals surface area contributed by atoms with Crippen molar-refractivity contribution in [3.63, 3.8) is 0 Å². The van der Waals surface area contributed by atoms with Gasteiger partial charge in [-0.3, -0.25) is 9.10 Å². The number of nitrogens with zero attached hydrogens (tertiary/aromatic N) is 3. The van der Waals surface area contributed by atoms with Crippen LogP contribution in [0.2, 0.25) is 5.02 Å². The maximum atomic E-state index is 13.5. The molecule has 0 fully saturated rings. The third-order valence-corrected chi connectivity index (χ3v) is 8.23. The maximum Gasteiger partial charge on any atom is 0.265 e. The highest BCUT2D eigenvalue weighted by atomic mass is 35.5. The molecule has 4 aromatic rings. The van der Waals surface area contributed by atoms with Crippen LogP contribution < -0.4 is 4.31 Å². The monoisotopic (exact) mass is 491 g/mol. The normalized spacial score (nSPS) is 18.5. The molecule has 0 bridgehead atoms. The van der Waals surface area contributed by atoms with Gasteiger partial charge in [0.15, 0.2) is 0 Å². The number of furan rings is 1. The van der Waals surface area contributed by atoms with E-state index in [0.717, 1.165) is 10.9 Å². The largest absolute Gasteiger partial charge is 0.467 e. The van der Waals surface area contributed by atoms with Crippen LogP contribution in [-0.2, 0) is 14.8 Å². The first-order valence-corrected chi connectivity index (χ1v) is 12.5. The lowest BCUT2D eigenvalue weighted by Gasteiger charge is -2.24. The molecule has 7 nitrogen and oxygen atoms in total. The molecule has 2 aliphatic rings. The molecular formula is C25H18ClN3O4S. The van der Waals surface area contributed by atoms with Gasteiger partial charge in [0, 0.05) is 16.8 Å². The van der Waals surface area contributed by atoms with E-state index in [1.807, 2.05) is 24.3 Å². The first-order valence-electron chi connectivity index (χ1n) is 10.7. The van der Waals surface area contributed by atoms with E-state index in [0.29, 0.717) is 34.0 Å². The van der Waals surface area contributed by atoms with Gasteiger partial charge in [-0.15, -0.1) is 0 Å². The summed E-state index contributed by atoms with van der Waals surface area (Å²) in [6.45, 7) is -0.370. The van der Waals surface area contributed by atoms with Gasteiger partial charge in [0.1, 0.15) is 18.3 Å². The Hall–Kier alpha value is -3.62. The number of carbonyl (C=O) groups is 1. The first kappa shape index (κ1) is 20.9. The number of hydrazone groups is 1. The standard InChI is InChI=1S/C25H18ClN3O4S/c26-18-11-9-16(10-12-18)19-14-21(22-7-3-13-33-22)29(27-19)24(30)15-28-20-6-1-4-17-5-2-8-23(25(17)20)34(28,31)32/h1-13,21H,14-15H2/t21-/m0/s1. The molecule has 1 atom stereocenters. The van der Waals surface area contributed by atoms with Gasteiger partial charge in [0.25, 0.3) is 15.9 Å². The molecule has 1 aromatic heterocycles. The Morgan fingerprint density at radius 3 is 2.53 bits per heavy atom.